The van der Waals surface area contributed by atoms with E-state index in [0.29, 0.717) is 23.4 Å². The van der Waals surface area contributed by atoms with Crippen molar-refractivity contribution in [3.8, 4) is 0 Å². The third-order valence-corrected chi connectivity index (χ3v) is 7.33. The Labute approximate surface area is 185 Å². The lowest BCUT2D eigenvalue weighted by atomic mass is 10.1. The first kappa shape index (κ1) is 21.5. The molecule has 32 heavy (non-hydrogen) atoms. The zero-order valence-electron chi connectivity index (χ0n) is 17.5. The van der Waals surface area contributed by atoms with Crippen LogP contribution in [0.2, 0.25) is 0 Å². The fourth-order valence-corrected chi connectivity index (χ4v) is 5.53. The molecule has 0 radical (unpaired) electrons. The molecule has 1 N–H and O–H groups in total. The normalized spacial score (nSPS) is 15.3. The molecule has 1 atom stereocenters. The van der Waals surface area contributed by atoms with Gasteiger partial charge in [0.1, 0.15) is 0 Å². The molecular weight excluding hydrogens is 430 g/mol. The van der Waals surface area contributed by atoms with Crippen molar-refractivity contribution in [2.75, 3.05) is 9.62 Å². The Morgan fingerprint density at radius 2 is 1.81 bits per heavy atom. The number of hydrogen-bond donors (Lipinski definition) is 1. The van der Waals surface area contributed by atoms with Gasteiger partial charge < -0.3 is 5.32 Å². The molecule has 3 aromatic rings. The number of nitro groups is 1. The molecule has 1 aliphatic rings. The fourth-order valence-electron chi connectivity index (χ4n) is 3.83. The van der Waals surface area contributed by atoms with Crippen LogP contribution in [-0.2, 0) is 16.4 Å². The summed E-state index contributed by atoms with van der Waals surface area (Å²) in [5.41, 5.74) is 2.80. The highest BCUT2D eigenvalue weighted by Gasteiger charge is 2.36. The van der Waals surface area contributed by atoms with Crippen molar-refractivity contribution in [2.45, 2.75) is 31.2 Å². The van der Waals surface area contributed by atoms with Crippen molar-refractivity contribution in [1.29, 1.82) is 0 Å². The van der Waals surface area contributed by atoms with Crippen LogP contribution in [0.5, 0.6) is 0 Å². The smallest absolute Gasteiger partial charge is 0.271 e. The van der Waals surface area contributed by atoms with Crippen molar-refractivity contribution in [3.05, 3.63) is 93.5 Å². The summed E-state index contributed by atoms with van der Waals surface area (Å²) in [5.74, 6) is -0.430. The SMILES string of the molecule is Cc1ccc(S(=O)(=O)N2c3ccc(C(=O)Nc4cccc([N+](=O)[O-])c4)cc3C[C@H]2C)cc1. The molecule has 1 heterocycles. The van der Waals surface area contributed by atoms with Crippen LogP contribution >= 0.6 is 0 Å². The van der Waals surface area contributed by atoms with Gasteiger partial charge >= 0.3 is 0 Å². The van der Waals surface area contributed by atoms with E-state index in [1.807, 2.05) is 13.8 Å². The van der Waals surface area contributed by atoms with Gasteiger partial charge in [-0.15, -0.1) is 0 Å². The van der Waals surface area contributed by atoms with Crippen LogP contribution in [0.3, 0.4) is 0 Å². The number of fused-ring (bicyclic) bond motifs is 1. The first-order valence-corrected chi connectivity index (χ1v) is 11.4. The molecule has 0 fully saturated rings. The highest BCUT2D eigenvalue weighted by molar-refractivity contribution is 7.92. The number of amides is 1. The van der Waals surface area contributed by atoms with Gasteiger partial charge in [0.05, 0.1) is 15.5 Å². The molecule has 0 unspecified atom stereocenters. The first-order chi connectivity index (χ1) is 15.2. The largest absolute Gasteiger partial charge is 0.322 e. The summed E-state index contributed by atoms with van der Waals surface area (Å²) >= 11 is 0. The molecule has 0 bridgehead atoms. The van der Waals surface area contributed by atoms with Crippen LogP contribution in [0.4, 0.5) is 17.1 Å². The highest BCUT2D eigenvalue weighted by Crippen LogP contribution is 2.37. The summed E-state index contributed by atoms with van der Waals surface area (Å²) < 4.78 is 27.9. The van der Waals surface area contributed by atoms with Gasteiger partial charge in [-0.3, -0.25) is 19.2 Å². The van der Waals surface area contributed by atoms with Gasteiger partial charge in [-0.1, -0.05) is 23.8 Å². The predicted molar refractivity (Wildman–Crippen MR) is 122 cm³/mol. The Hall–Kier alpha value is -3.72. The van der Waals surface area contributed by atoms with E-state index in [1.54, 1.807) is 48.5 Å². The lowest BCUT2D eigenvalue weighted by Crippen LogP contribution is -2.35. The number of rotatable bonds is 5. The van der Waals surface area contributed by atoms with Crippen LogP contribution < -0.4 is 9.62 Å². The maximum atomic E-state index is 13.3. The summed E-state index contributed by atoms with van der Waals surface area (Å²) in [5, 5.41) is 13.6. The maximum absolute atomic E-state index is 13.3. The minimum Gasteiger partial charge on any atom is -0.322 e. The predicted octanol–water partition coefficient (Wildman–Crippen LogP) is 4.30. The molecule has 1 amide bonds. The summed E-state index contributed by atoms with van der Waals surface area (Å²) in [6.45, 7) is 3.72. The molecular formula is C23H21N3O5S. The lowest BCUT2D eigenvalue weighted by Gasteiger charge is -2.24. The van der Waals surface area contributed by atoms with Crippen LogP contribution in [0.15, 0.2) is 71.6 Å². The number of benzene rings is 3. The molecule has 164 valence electrons. The number of sulfonamides is 1. The second-order valence-electron chi connectivity index (χ2n) is 7.77. The summed E-state index contributed by atoms with van der Waals surface area (Å²) in [7, 11) is -3.74. The summed E-state index contributed by atoms with van der Waals surface area (Å²) in [4.78, 5) is 23.3. The Morgan fingerprint density at radius 1 is 1.09 bits per heavy atom. The molecule has 0 aliphatic carbocycles. The second-order valence-corrected chi connectivity index (χ2v) is 9.59. The molecule has 4 rings (SSSR count). The zero-order valence-corrected chi connectivity index (χ0v) is 18.3. The summed E-state index contributed by atoms with van der Waals surface area (Å²) in [6.07, 6.45) is 0.471. The minimum atomic E-state index is -3.74. The van der Waals surface area contributed by atoms with Gasteiger partial charge in [-0.2, -0.15) is 0 Å². The first-order valence-electron chi connectivity index (χ1n) is 9.96. The highest BCUT2D eigenvalue weighted by atomic mass is 32.2. The van der Waals surface area contributed by atoms with Crippen LogP contribution in [0, 0.1) is 17.0 Å². The van der Waals surface area contributed by atoms with Crippen LogP contribution in [0.1, 0.15) is 28.4 Å². The van der Waals surface area contributed by atoms with Crippen molar-refractivity contribution in [2.24, 2.45) is 0 Å². The van der Waals surface area contributed by atoms with Crippen molar-refractivity contribution in [1.82, 2.24) is 0 Å². The number of nitrogens with zero attached hydrogens (tertiary/aromatic N) is 2. The van der Waals surface area contributed by atoms with E-state index in [2.05, 4.69) is 5.32 Å². The number of non-ortho nitro benzene ring substituents is 1. The number of aryl methyl sites for hydroxylation is 1. The average Bonchev–Trinajstić information content (AvgIpc) is 3.09. The van der Waals surface area contributed by atoms with Gasteiger partial charge in [-0.05, 0) is 62.2 Å². The molecule has 9 heteroatoms. The molecule has 8 nitrogen and oxygen atoms in total. The number of anilines is 2. The molecule has 0 spiro atoms. The minimum absolute atomic E-state index is 0.123. The average molecular weight is 452 g/mol. The van der Waals surface area contributed by atoms with E-state index in [0.717, 1.165) is 11.1 Å². The number of nitrogens with one attached hydrogen (secondary N) is 1. The third-order valence-electron chi connectivity index (χ3n) is 5.39. The molecule has 1 aliphatic heterocycles. The summed E-state index contributed by atoms with van der Waals surface area (Å²) in [6, 6.07) is 16.9. The fraction of sp³-hybridized carbons (Fsp3) is 0.174. The van der Waals surface area contributed by atoms with E-state index >= 15 is 0 Å². The lowest BCUT2D eigenvalue weighted by molar-refractivity contribution is -0.384. The van der Waals surface area contributed by atoms with Gasteiger partial charge in [0.2, 0.25) is 0 Å². The van der Waals surface area contributed by atoms with E-state index in [9.17, 15) is 23.3 Å². The number of carbonyl (C=O) groups is 1. The Kier molecular flexibility index (Phi) is 5.43. The van der Waals surface area contributed by atoms with E-state index < -0.39 is 20.9 Å². The number of nitro benzene ring substituents is 1. The quantitative estimate of drug-likeness (QED) is 0.460. The zero-order chi connectivity index (χ0) is 23.0. The number of hydrogen-bond acceptors (Lipinski definition) is 5. The van der Waals surface area contributed by atoms with E-state index in [1.165, 1.54) is 22.5 Å². The maximum Gasteiger partial charge on any atom is 0.271 e. The molecule has 0 aromatic heterocycles. The van der Waals surface area contributed by atoms with Crippen molar-refractivity contribution >= 4 is 33.0 Å². The Balaban J connectivity index is 1.61. The monoisotopic (exact) mass is 451 g/mol. The number of carbonyl (C=O) groups excluding carboxylic acids is 1. The van der Waals surface area contributed by atoms with Crippen molar-refractivity contribution < 1.29 is 18.1 Å². The molecule has 0 saturated carbocycles. The van der Waals surface area contributed by atoms with Gasteiger partial charge in [0, 0.05) is 29.4 Å². The molecule has 3 aromatic carbocycles. The van der Waals surface area contributed by atoms with Crippen molar-refractivity contribution in [3.63, 3.8) is 0 Å². The topological polar surface area (TPSA) is 110 Å². The van der Waals surface area contributed by atoms with Crippen LogP contribution in [0.25, 0.3) is 0 Å². The Morgan fingerprint density at radius 3 is 2.50 bits per heavy atom. The van der Waals surface area contributed by atoms with Gasteiger partial charge in [0.25, 0.3) is 21.6 Å². The van der Waals surface area contributed by atoms with Gasteiger partial charge in [-0.25, -0.2) is 8.42 Å². The second kappa shape index (κ2) is 8.08. The van der Waals surface area contributed by atoms with E-state index in [-0.39, 0.29) is 16.6 Å². The van der Waals surface area contributed by atoms with Crippen LogP contribution in [-0.4, -0.2) is 25.3 Å². The molecule has 0 saturated heterocycles. The third kappa shape index (κ3) is 3.94. The van der Waals surface area contributed by atoms with E-state index in [4.69, 9.17) is 0 Å². The van der Waals surface area contributed by atoms with Gasteiger partial charge in [0.15, 0.2) is 0 Å². The Bertz CT molecular complexity index is 1320. The standard InChI is InChI=1S/C23H21N3O5S/c1-15-6-9-21(10-7-15)32(30,31)25-16(2)12-18-13-17(8-11-22(18)25)23(27)24-19-4-3-5-20(14-19)26(28)29/h3-11,13-14,16H,12H2,1-2H3,(H,24,27)/t16-/m1/s1.